The molecule has 2 aromatic rings. The Balaban J connectivity index is 1.78. The van der Waals surface area contributed by atoms with Crippen LogP contribution in [0.4, 0.5) is 0 Å². The van der Waals surface area contributed by atoms with Gasteiger partial charge >= 0.3 is 0 Å². The van der Waals surface area contributed by atoms with Crippen molar-refractivity contribution in [2.45, 2.75) is 39.2 Å². The number of rotatable bonds is 2. The molecule has 0 aliphatic heterocycles. The minimum atomic E-state index is -0.314. The second kappa shape index (κ2) is 5.79. The summed E-state index contributed by atoms with van der Waals surface area (Å²) in [6.45, 7) is 3.61. The molecule has 3 rings (SSSR count). The second-order valence-electron chi connectivity index (χ2n) is 6.02. The Morgan fingerprint density at radius 2 is 1.95 bits per heavy atom. The zero-order valence-electron chi connectivity index (χ0n) is 12.9. The van der Waals surface area contributed by atoms with Gasteiger partial charge in [0.05, 0.1) is 0 Å². The highest BCUT2D eigenvalue weighted by Gasteiger charge is 2.22. The number of pyridine rings is 1. The van der Waals surface area contributed by atoms with E-state index in [0.717, 1.165) is 30.5 Å². The van der Waals surface area contributed by atoms with Crippen LogP contribution in [0.2, 0.25) is 0 Å². The van der Waals surface area contributed by atoms with Crippen molar-refractivity contribution in [3.05, 3.63) is 68.6 Å². The van der Waals surface area contributed by atoms with E-state index in [1.54, 1.807) is 6.92 Å². The molecule has 0 radical (unpaired) electrons. The molecule has 0 fully saturated rings. The monoisotopic (exact) mass is 296 g/mol. The van der Waals surface area contributed by atoms with Crippen LogP contribution < -0.4 is 10.9 Å². The number of hydrogen-bond acceptors (Lipinski definition) is 2. The minimum Gasteiger partial charge on any atom is -0.349 e. The van der Waals surface area contributed by atoms with Crippen molar-refractivity contribution in [3.63, 3.8) is 0 Å². The first-order chi connectivity index (χ1) is 10.5. The molecule has 0 bridgehead atoms. The largest absolute Gasteiger partial charge is 0.349 e. The first-order valence-electron chi connectivity index (χ1n) is 7.63. The fraction of sp³-hybridized carbons (Fsp3) is 0.333. The SMILES string of the molecule is Cc1cc(C)c(C(=O)NC2CCc3ccccc3C2)c(=O)[nH]1. The molecule has 1 aromatic carbocycles. The molecule has 1 aliphatic rings. The number of benzene rings is 1. The topological polar surface area (TPSA) is 62.0 Å². The number of aromatic nitrogens is 1. The second-order valence-corrected chi connectivity index (χ2v) is 6.02. The van der Waals surface area contributed by atoms with Gasteiger partial charge in [0.25, 0.3) is 11.5 Å². The van der Waals surface area contributed by atoms with Crippen molar-refractivity contribution >= 4 is 5.91 Å². The quantitative estimate of drug-likeness (QED) is 0.893. The fourth-order valence-corrected chi connectivity index (χ4v) is 3.21. The van der Waals surface area contributed by atoms with Crippen LogP contribution in [0.15, 0.2) is 35.1 Å². The number of carbonyl (C=O) groups excluding carboxylic acids is 1. The number of aryl methyl sites for hydroxylation is 3. The van der Waals surface area contributed by atoms with Gasteiger partial charge in [-0.05, 0) is 55.9 Å². The highest BCUT2D eigenvalue weighted by Crippen LogP contribution is 2.21. The Labute approximate surface area is 129 Å². The summed E-state index contributed by atoms with van der Waals surface area (Å²) in [5, 5.41) is 3.02. The molecule has 0 spiro atoms. The van der Waals surface area contributed by atoms with Crippen LogP contribution in [-0.2, 0) is 12.8 Å². The van der Waals surface area contributed by atoms with E-state index in [0.29, 0.717) is 0 Å². The standard InChI is InChI=1S/C18H20N2O2/c1-11-9-12(2)19-17(21)16(11)18(22)20-15-8-7-13-5-3-4-6-14(13)10-15/h3-6,9,15H,7-8,10H2,1-2H3,(H,19,21)(H,20,22). The Morgan fingerprint density at radius 3 is 2.68 bits per heavy atom. The maximum absolute atomic E-state index is 12.4. The average molecular weight is 296 g/mol. The van der Waals surface area contributed by atoms with Crippen LogP contribution in [0.5, 0.6) is 0 Å². The van der Waals surface area contributed by atoms with E-state index in [-0.39, 0.29) is 23.1 Å². The third-order valence-corrected chi connectivity index (χ3v) is 4.27. The fourth-order valence-electron chi connectivity index (χ4n) is 3.21. The van der Waals surface area contributed by atoms with Crippen LogP contribution in [-0.4, -0.2) is 16.9 Å². The first-order valence-corrected chi connectivity index (χ1v) is 7.63. The third kappa shape index (κ3) is 2.82. The molecule has 22 heavy (non-hydrogen) atoms. The molecule has 1 atom stereocenters. The third-order valence-electron chi connectivity index (χ3n) is 4.27. The summed E-state index contributed by atoms with van der Waals surface area (Å²) in [4.78, 5) is 27.2. The predicted molar refractivity (Wildman–Crippen MR) is 86.3 cm³/mol. The molecule has 114 valence electrons. The zero-order valence-corrected chi connectivity index (χ0v) is 12.9. The van der Waals surface area contributed by atoms with Gasteiger partial charge in [-0.1, -0.05) is 24.3 Å². The van der Waals surface area contributed by atoms with E-state index in [4.69, 9.17) is 0 Å². The maximum Gasteiger partial charge on any atom is 0.261 e. The lowest BCUT2D eigenvalue weighted by molar-refractivity contribution is 0.0931. The van der Waals surface area contributed by atoms with Gasteiger partial charge < -0.3 is 10.3 Å². The molecular formula is C18H20N2O2. The molecular weight excluding hydrogens is 276 g/mol. The Hall–Kier alpha value is -2.36. The van der Waals surface area contributed by atoms with Gasteiger partial charge in [-0.15, -0.1) is 0 Å². The average Bonchev–Trinajstić information content (AvgIpc) is 2.46. The van der Waals surface area contributed by atoms with Crippen LogP contribution in [0, 0.1) is 13.8 Å². The lowest BCUT2D eigenvalue weighted by Crippen LogP contribution is -2.41. The molecule has 4 nitrogen and oxygen atoms in total. The van der Waals surface area contributed by atoms with E-state index in [1.807, 2.05) is 25.1 Å². The molecule has 4 heteroatoms. The Kier molecular flexibility index (Phi) is 3.84. The Bertz CT molecular complexity index is 777. The summed E-state index contributed by atoms with van der Waals surface area (Å²) in [6.07, 6.45) is 2.70. The van der Waals surface area contributed by atoms with Crippen LogP contribution in [0.25, 0.3) is 0 Å². The van der Waals surface area contributed by atoms with Crippen molar-refractivity contribution < 1.29 is 4.79 Å². The van der Waals surface area contributed by atoms with Crippen molar-refractivity contribution in [1.82, 2.24) is 10.3 Å². The van der Waals surface area contributed by atoms with Crippen molar-refractivity contribution in [1.29, 1.82) is 0 Å². The first kappa shape index (κ1) is 14.6. The van der Waals surface area contributed by atoms with Gasteiger partial charge in [0.15, 0.2) is 0 Å². The molecule has 1 unspecified atom stereocenters. The molecule has 1 heterocycles. The number of H-pyrrole nitrogens is 1. The number of carbonyl (C=O) groups is 1. The van der Waals surface area contributed by atoms with Crippen LogP contribution >= 0.6 is 0 Å². The molecule has 0 saturated heterocycles. The molecule has 2 N–H and O–H groups in total. The molecule has 1 amide bonds. The predicted octanol–water partition coefficient (Wildman–Crippen LogP) is 2.28. The normalized spacial score (nSPS) is 16.9. The number of nitrogens with one attached hydrogen (secondary N) is 2. The van der Waals surface area contributed by atoms with Crippen LogP contribution in [0.3, 0.4) is 0 Å². The van der Waals surface area contributed by atoms with Crippen molar-refractivity contribution in [2.75, 3.05) is 0 Å². The lowest BCUT2D eigenvalue weighted by Gasteiger charge is -2.25. The summed E-state index contributed by atoms with van der Waals surface area (Å²) < 4.78 is 0. The maximum atomic E-state index is 12.4. The van der Waals surface area contributed by atoms with Crippen molar-refractivity contribution in [2.24, 2.45) is 0 Å². The van der Waals surface area contributed by atoms with Gasteiger partial charge in [0, 0.05) is 11.7 Å². The molecule has 0 saturated carbocycles. The Morgan fingerprint density at radius 1 is 1.23 bits per heavy atom. The zero-order chi connectivity index (χ0) is 15.7. The van der Waals surface area contributed by atoms with E-state index in [2.05, 4.69) is 22.4 Å². The lowest BCUT2D eigenvalue weighted by atomic mass is 9.88. The van der Waals surface area contributed by atoms with Crippen molar-refractivity contribution in [3.8, 4) is 0 Å². The van der Waals surface area contributed by atoms with Gasteiger partial charge in [-0.2, -0.15) is 0 Å². The van der Waals surface area contributed by atoms with Gasteiger partial charge in [-0.25, -0.2) is 0 Å². The van der Waals surface area contributed by atoms with Gasteiger partial charge in [-0.3, -0.25) is 9.59 Å². The van der Waals surface area contributed by atoms with E-state index in [9.17, 15) is 9.59 Å². The van der Waals surface area contributed by atoms with Gasteiger partial charge in [0.1, 0.15) is 5.56 Å². The van der Waals surface area contributed by atoms with E-state index in [1.165, 1.54) is 11.1 Å². The highest BCUT2D eigenvalue weighted by atomic mass is 16.2. The summed E-state index contributed by atoms with van der Waals surface area (Å²) in [6, 6.07) is 10.2. The van der Waals surface area contributed by atoms with Gasteiger partial charge in [0.2, 0.25) is 0 Å². The minimum absolute atomic E-state index is 0.0857. The number of aromatic amines is 1. The smallest absolute Gasteiger partial charge is 0.261 e. The summed E-state index contributed by atoms with van der Waals surface area (Å²) in [5.74, 6) is -0.275. The highest BCUT2D eigenvalue weighted by molar-refractivity contribution is 5.95. The molecule has 1 aliphatic carbocycles. The van der Waals surface area contributed by atoms with E-state index >= 15 is 0 Å². The van der Waals surface area contributed by atoms with E-state index < -0.39 is 0 Å². The summed E-state index contributed by atoms with van der Waals surface area (Å²) in [7, 11) is 0. The molecule has 1 aromatic heterocycles. The summed E-state index contributed by atoms with van der Waals surface area (Å²) in [5.41, 5.74) is 4.04. The summed E-state index contributed by atoms with van der Waals surface area (Å²) >= 11 is 0. The number of hydrogen-bond donors (Lipinski definition) is 2. The van der Waals surface area contributed by atoms with Crippen LogP contribution in [0.1, 0.15) is 39.2 Å². The number of fused-ring (bicyclic) bond motifs is 1. The number of amides is 1.